The topological polar surface area (TPSA) is 64.6 Å². The lowest BCUT2D eigenvalue weighted by Gasteiger charge is -2.13. The summed E-state index contributed by atoms with van der Waals surface area (Å²) in [5, 5.41) is 3.41. The molecule has 0 aliphatic carbocycles. The Balaban J connectivity index is 2.06. The van der Waals surface area contributed by atoms with Crippen LogP contribution in [-0.2, 0) is 9.53 Å². The Hall–Kier alpha value is -2.53. The number of methoxy groups -OCH3 is 1. The molecule has 0 unspecified atom stereocenters. The van der Waals surface area contributed by atoms with Gasteiger partial charge in [0.15, 0.2) is 6.10 Å². The van der Waals surface area contributed by atoms with Crippen molar-refractivity contribution in [1.82, 2.24) is 0 Å². The zero-order valence-corrected chi connectivity index (χ0v) is 14.4. The van der Waals surface area contributed by atoms with E-state index in [2.05, 4.69) is 10.1 Å². The lowest BCUT2D eigenvalue weighted by molar-refractivity contribution is -0.147. The number of carbonyl (C=O) groups is 2. The average molecular weight is 348 g/mol. The van der Waals surface area contributed by atoms with E-state index in [-0.39, 0.29) is 5.91 Å². The minimum Gasteiger partial charge on any atom is -0.479 e. The van der Waals surface area contributed by atoms with Crippen molar-refractivity contribution >= 4 is 29.2 Å². The van der Waals surface area contributed by atoms with Gasteiger partial charge in [-0.3, -0.25) is 4.79 Å². The Morgan fingerprint density at radius 3 is 2.42 bits per heavy atom. The predicted octanol–water partition coefficient (Wildman–Crippen LogP) is 3.84. The fourth-order valence-electron chi connectivity index (χ4n) is 2.04. The molecule has 0 aliphatic heterocycles. The van der Waals surface area contributed by atoms with Crippen LogP contribution in [0.1, 0.15) is 22.8 Å². The van der Waals surface area contributed by atoms with E-state index in [1.54, 1.807) is 49.4 Å². The van der Waals surface area contributed by atoms with Crippen molar-refractivity contribution in [1.29, 1.82) is 0 Å². The Morgan fingerprint density at radius 2 is 1.79 bits per heavy atom. The van der Waals surface area contributed by atoms with Crippen LogP contribution in [0.2, 0.25) is 5.02 Å². The van der Waals surface area contributed by atoms with Crippen LogP contribution in [0, 0.1) is 6.92 Å². The second-order valence-corrected chi connectivity index (χ2v) is 5.58. The molecule has 1 N–H and O–H groups in total. The van der Waals surface area contributed by atoms with Crippen LogP contribution in [0.15, 0.2) is 42.5 Å². The first-order valence-electron chi connectivity index (χ1n) is 7.33. The molecule has 6 heteroatoms. The van der Waals surface area contributed by atoms with E-state index in [0.29, 0.717) is 22.0 Å². The first-order chi connectivity index (χ1) is 11.4. The predicted molar refractivity (Wildman–Crippen MR) is 92.7 cm³/mol. The molecule has 0 saturated carbocycles. The second kappa shape index (κ2) is 7.84. The summed E-state index contributed by atoms with van der Waals surface area (Å²) < 4.78 is 10.0. The van der Waals surface area contributed by atoms with E-state index in [9.17, 15) is 9.59 Å². The molecule has 126 valence electrons. The first-order valence-corrected chi connectivity index (χ1v) is 7.71. The van der Waals surface area contributed by atoms with Gasteiger partial charge >= 0.3 is 5.97 Å². The Labute approximate surface area is 145 Å². The van der Waals surface area contributed by atoms with Gasteiger partial charge in [-0.15, -0.1) is 0 Å². The number of rotatable bonds is 5. The monoisotopic (exact) mass is 347 g/mol. The van der Waals surface area contributed by atoms with Gasteiger partial charge in [0, 0.05) is 16.3 Å². The molecule has 0 aliphatic rings. The number of anilines is 1. The molecule has 1 atom stereocenters. The Bertz CT molecular complexity index is 743. The molecule has 0 radical (unpaired) electrons. The largest absolute Gasteiger partial charge is 0.479 e. The maximum Gasteiger partial charge on any atom is 0.346 e. The normalized spacial score (nSPS) is 11.5. The van der Waals surface area contributed by atoms with Gasteiger partial charge < -0.3 is 14.8 Å². The van der Waals surface area contributed by atoms with Crippen molar-refractivity contribution in [2.24, 2.45) is 0 Å². The Kier molecular flexibility index (Phi) is 5.82. The molecule has 0 bridgehead atoms. The van der Waals surface area contributed by atoms with E-state index in [4.69, 9.17) is 16.3 Å². The first kappa shape index (κ1) is 17.8. The highest BCUT2D eigenvalue weighted by molar-refractivity contribution is 6.31. The summed E-state index contributed by atoms with van der Waals surface area (Å²) in [7, 11) is 1.30. The molecule has 24 heavy (non-hydrogen) atoms. The molecule has 0 aromatic heterocycles. The van der Waals surface area contributed by atoms with Gasteiger partial charge in [0.2, 0.25) is 0 Å². The van der Waals surface area contributed by atoms with Crippen LogP contribution >= 0.6 is 11.6 Å². The van der Waals surface area contributed by atoms with E-state index >= 15 is 0 Å². The molecule has 1 amide bonds. The van der Waals surface area contributed by atoms with Crippen LogP contribution < -0.4 is 10.1 Å². The summed E-state index contributed by atoms with van der Waals surface area (Å²) in [5.74, 6) is -0.246. The maximum absolute atomic E-state index is 12.3. The number of hydrogen-bond donors (Lipinski definition) is 1. The number of carbonyl (C=O) groups excluding carboxylic acids is 2. The highest BCUT2D eigenvalue weighted by atomic mass is 35.5. The van der Waals surface area contributed by atoms with Gasteiger partial charge in [-0.2, -0.15) is 0 Å². The summed E-state index contributed by atoms with van der Waals surface area (Å²) in [4.78, 5) is 23.6. The molecule has 0 fully saturated rings. The van der Waals surface area contributed by atoms with Gasteiger partial charge in [0.25, 0.3) is 5.91 Å². The quantitative estimate of drug-likeness (QED) is 0.834. The third-order valence-electron chi connectivity index (χ3n) is 3.48. The van der Waals surface area contributed by atoms with Crippen molar-refractivity contribution in [2.45, 2.75) is 20.0 Å². The van der Waals surface area contributed by atoms with Crippen molar-refractivity contribution in [3.63, 3.8) is 0 Å². The molecule has 0 saturated heterocycles. The van der Waals surface area contributed by atoms with Crippen LogP contribution in [0.5, 0.6) is 5.75 Å². The highest BCUT2D eigenvalue weighted by Crippen LogP contribution is 2.23. The van der Waals surface area contributed by atoms with Crippen LogP contribution in [0.25, 0.3) is 0 Å². The smallest absolute Gasteiger partial charge is 0.346 e. The highest BCUT2D eigenvalue weighted by Gasteiger charge is 2.15. The van der Waals surface area contributed by atoms with E-state index in [0.717, 1.165) is 5.56 Å². The van der Waals surface area contributed by atoms with Crippen LogP contribution in [0.4, 0.5) is 5.69 Å². The average Bonchev–Trinajstić information content (AvgIpc) is 2.58. The zero-order valence-electron chi connectivity index (χ0n) is 13.6. The van der Waals surface area contributed by atoms with Gasteiger partial charge in [-0.05, 0) is 55.8 Å². The number of amides is 1. The lowest BCUT2D eigenvalue weighted by atomic mass is 10.1. The van der Waals surface area contributed by atoms with E-state index < -0.39 is 12.1 Å². The van der Waals surface area contributed by atoms with Gasteiger partial charge in [-0.1, -0.05) is 17.7 Å². The molecule has 2 rings (SSSR count). The van der Waals surface area contributed by atoms with E-state index in [1.165, 1.54) is 7.11 Å². The third-order valence-corrected chi connectivity index (χ3v) is 3.89. The number of nitrogens with one attached hydrogen (secondary N) is 1. The van der Waals surface area contributed by atoms with Gasteiger partial charge in [-0.25, -0.2) is 4.79 Å². The van der Waals surface area contributed by atoms with Crippen LogP contribution in [-0.4, -0.2) is 25.1 Å². The van der Waals surface area contributed by atoms with Crippen molar-refractivity contribution in [3.05, 3.63) is 58.6 Å². The minimum absolute atomic E-state index is 0.257. The van der Waals surface area contributed by atoms with Crippen molar-refractivity contribution in [3.8, 4) is 5.75 Å². The summed E-state index contributed by atoms with van der Waals surface area (Å²) in [6, 6.07) is 11.8. The Morgan fingerprint density at radius 1 is 1.12 bits per heavy atom. The second-order valence-electron chi connectivity index (χ2n) is 5.17. The molecule has 0 spiro atoms. The zero-order chi connectivity index (χ0) is 17.7. The minimum atomic E-state index is -0.719. The van der Waals surface area contributed by atoms with Crippen LogP contribution in [0.3, 0.4) is 0 Å². The summed E-state index contributed by atoms with van der Waals surface area (Å²) in [6.45, 7) is 3.43. The maximum atomic E-state index is 12.3. The van der Waals surface area contributed by atoms with Gasteiger partial charge in [0.1, 0.15) is 5.75 Å². The number of halogens is 1. The van der Waals surface area contributed by atoms with Gasteiger partial charge in [0.05, 0.1) is 7.11 Å². The standard InChI is InChI=1S/C18H18ClNO4/c1-11-15(19)5-4-6-16(11)20-17(21)13-7-9-14(10-8-13)24-12(2)18(22)23-3/h4-10,12H,1-3H3,(H,20,21)/t12-/m0/s1. The summed E-state index contributed by atoms with van der Waals surface area (Å²) in [6.07, 6.45) is -0.719. The number of hydrogen-bond acceptors (Lipinski definition) is 4. The lowest BCUT2D eigenvalue weighted by Crippen LogP contribution is -2.24. The number of benzene rings is 2. The molecular formula is C18H18ClNO4. The summed E-state index contributed by atoms with van der Waals surface area (Å²) >= 11 is 6.04. The number of esters is 1. The molecule has 2 aromatic rings. The molecule has 5 nitrogen and oxygen atoms in total. The fourth-order valence-corrected chi connectivity index (χ4v) is 2.21. The molecule has 2 aromatic carbocycles. The number of ether oxygens (including phenoxy) is 2. The summed E-state index contributed by atoms with van der Waals surface area (Å²) in [5.41, 5.74) is 1.93. The fraction of sp³-hybridized carbons (Fsp3) is 0.222. The van der Waals surface area contributed by atoms with Crippen molar-refractivity contribution in [2.75, 3.05) is 12.4 Å². The SMILES string of the molecule is COC(=O)[C@H](C)Oc1ccc(C(=O)Nc2cccc(Cl)c2C)cc1. The third kappa shape index (κ3) is 4.26. The molecule has 0 heterocycles. The van der Waals surface area contributed by atoms with Crippen molar-refractivity contribution < 1.29 is 19.1 Å². The van der Waals surface area contributed by atoms with E-state index in [1.807, 2.05) is 6.92 Å². The molecular weight excluding hydrogens is 330 g/mol.